The summed E-state index contributed by atoms with van der Waals surface area (Å²) in [6, 6.07) is 9.30. The Morgan fingerprint density at radius 1 is 1.21 bits per heavy atom. The van der Waals surface area contributed by atoms with Gasteiger partial charge in [-0.1, -0.05) is 12.1 Å². The molecule has 0 radical (unpaired) electrons. The molecular weight excluding hydrogens is 327 g/mol. The van der Waals surface area contributed by atoms with E-state index < -0.39 is 0 Å². The second kappa shape index (κ2) is 6.76. The summed E-state index contributed by atoms with van der Waals surface area (Å²) in [7, 11) is 0. The largest absolute Gasteiger partial charge is 0.396 e. The van der Waals surface area contributed by atoms with Gasteiger partial charge in [-0.25, -0.2) is 4.39 Å². The maximum atomic E-state index is 13.0. The predicted molar refractivity (Wildman–Crippen MR) is 92.0 cm³/mol. The first kappa shape index (κ1) is 16.1. The molecule has 0 aliphatic heterocycles. The van der Waals surface area contributed by atoms with Crippen molar-refractivity contribution in [2.75, 3.05) is 5.73 Å². The second-order valence-corrected chi connectivity index (χ2v) is 6.03. The molecule has 0 aliphatic rings. The Kier molecular flexibility index (Phi) is 4.52. The first-order chi connectivity index (χ1) is 11.6. The monoisotopic (exact) mass is 342 g/mol. The van der Waals surface area contributed by atoms with E-state index in [9.17, 15) is 9.18 Å². The van der Waals surface area contributed by atoms with Crippen LogP contribution in [0.5, 0.6) is 0 Å². The number of nitrogens with two attached hydrogens (primary N) is 1. The zero-order valence-electron chi connectivity index (χ0n) is 12.9. The fourth-order valence-corrected chi connectivity index (χ4v) is 3.00. The van der Waals surface area contributed by atoms with Gasteiger partial charge in [-0.3, -0.25) is 9.78 Å². The summed E-state index contributed by atoms with van der Waals surface area (Å²) in [5.74, 6) is -0.617. The van der Waals surface area contributed by atoms with Crippen LogP contribution in [0, 0.1) is 5.82 Å². The Hall–Kier alpha value is -2.80. The highest BCUT2D eigenvalue weighted by molar-refractivity contribution is 7.09. The number of pyridine rings is 1. The van der Waals surface area contributed by atoms with E-state index in [1.54, 1.807) is 36.7 Å². The van der Waals surface area contributed by atoms with Gasteiger partial charge in [0.1, 0.15) is 16.4 Å². The Morgan fingerprint density at radius 3 is 2.54 bits per heavy atom. The van der Waals surface area contributed by atoms with E-state index in [4.69, 9.17) is 5.73 Å². The normalized spacial score (nSPS) is 11.9. The van der Waals surface area contributed by atoms with Crippen LogP contribution in [0.25, 0.3) is 11.3 Å². The predicted octanol–water partition coefficient (Wildman–Crippen LogP) is 3.42. The van der Waals surface area contributed by atoms with Gasteiger partial charge in [0.15, 0.2) is 0 Å². The molecule has 122 valence electrons. The van der Waals surface area contributed by atoms with Crippen molar-refractivity contribution < 1.29 is 9.18 Å². The van der Waals surface area contributed by atoms with Crippen LogP contribution in [0.15, 0.2) is 48.8 Å². The summed E-state index contributed by atoms with van der Waals surface area (Å²) >= 11 is 1.05. The summed E-state index contributed by atoms with van der Waals surface area (Å²) in [6.45, 7) is 1.83. The number of amides is 1. The number of carbonyl (C=O) groups excluding carboxylic acids is 1. The minimum Gasteiger partial charge on any atom is -0.396 e. The maximum Gasteiger partial charge on any atom is 0.265 e. The van der Waals surface area contributed by atoms with Crippen molar-refractivity contribution in [1.29, 1.82) is 0 Å². The Bertz CT molecular complexity index is 849. The zero-order valence-corrected chi connectivity index (χ0v) is 13.7. The number of benzene rings is 1. The fraction of sp³-hybridized carbons (Fsp3) is 0.118. The van der Waals surface area contributed by atoms with E-state index >= 15 is 0 Å². The molecule has 1 atom stereocenters. The lowest BCUT2D eigenvalue weighted by Gasteiger charge is -2.13. The Balaban J connectivity index is 1.78. The van der Waals surface area contributed by atoms with E-state index in [1.165, 1.54) is 12.1 Å². The van der Waals surface area contributed by atoms with Crippen LogP contribution in [0.1, 0.15) is 28.2 Å². The van der Waals surface area contributed by atoms with Crippen molar-refractivity contribution in [2.45, 2.75) is 13.0 Å². The van der Waals surface area contributed by atoms with Crippen LogP contribution in [-0.2, 0) is 0 Å². The van der Waals surface area contributed by atoms with Crippen molar-refractivity contribution in [3.63, 3.8) is 0 Å². The average Bonchev–Trinajstić information content (AvgIpc) is 2.98. The Labute approximate surface area is 142 Å². The molecule has 3 N–H and O–H groups in total. The average molecular weight is 342 g/mol. The first-order valence-electron chi connectivity index (χ1n) is 7.28. The van der Waals surface area contributed by atoms with Gasteiger partial charge in [0.05, 0.1) is 11.7 Å². The Morgan fingerprint density at radius 2 is 1.88 bits per heavy atom. The SMILES string of the molecule is C[C@H](NC(=O)c1snc(-c2ccncc2)c1N)c1ccc(F)cc1. The van der Waals surface area contributed by atoms with Crippen molar-refractivity contribution in [3.8, 4) is 11.3 Å². The number of nitrogens with one attached hydrogen (secondary N) is 1. The van der Waals surface area contributed by atoms with Gasteiger partial charge in [0, 0.05) is 18.0 Å². The van der Waals surface area contributed by atoms with Gasteiger partial charge < -0.3 is 11.1 Å². The number of anilines is 1. The van der Waals surface area contributed by atoms with Crippen molar-refractivity contribution in [1.82, 2.24) is 14.7 Å². The number of aromatic nitrogens is 2. The lowest BCUT2D eigenvalue weighted by atomic mass is 10.1. The van der Waals surface area contributed by atoms with E-state index in [-0.39, 0.29) is 17.8 Å². The third-order valence-electron chi connectivity index (χ3n) is 3.61. The molecule has 7 heteroatoms. The molecule has 2 heterocycles. The molecule has 1 amide bonds. The molecule has 0 aliphatic carbocycles. The zero-order chi connectivity index (χ0) is 17.1. The lowest BCUT2D eigenvalue weighted by Crippen LogP contribution is -2.26. The van der Waals surface area contributed by atoms with Crippen molar-refractivity contribution in [2.24, 2.45) is 0 Å². The molecule has 0 unspecified atom stereocenters. The molecule has 0 spiro atoms. The molecule has 5 nitrogen and oxygen atoms in total. The standard InChI is InChI=1S/C17H15FN4OS/c1-10(11-2-4-13(18)5-3-11)21-17(23)16-14(19)15(22-24-16)12-6-8-20-9-7-12/h2-10H,19H2,1H3,(H,21,23)/t10-/m0/s1. The maximum absolute atomic E-state index is 13.0. The van der Waals surface area contributed by atoms with Crippen LogP contribution in [-0.4, -0.2) is 15.3 Å². The molecule has 0 fully saturated rings. The van der Waals surface area contributed by atoms with Gasteiger partial charge in [-0.05, 0) is 48.3 Å². The molecule has 2 aromatic heterocycles. The van der Waals surface area contributed by atoms with Crippen molar-refractivity contribution in [3.05, 3.63) is 65.0 Å². The number of hydrogen-bond acceptors (Lipinski definition) is 5. The molecule has 3 aromatic rings. The quantitative estimate of drug-likeness (QED) is 0.761. The van der Waals surface area contributed by atoms with E-state index in [0.717, 1.165) is 22.7 Å². The van der Waals surface area contributed by atoms with Crippen LogP contribution in [0.4, 0.5) is 10.1 Å². The van der Waals surface area contributed by atoms with E-state index in [1.807, 2.05) is 6.92 Å². The summed E-state index contributed by atoms with van der Waals surface area (Å²) in [4.78, 5) is 16.8. The minimum absolute atomic E-state index is 0.274. The lowest BCUT2D eigenvalue weighted by molar-refractivity contribution is 0.0945. The molecule has 1 aromatic carbocycles. The molecule has 24 heavy (non-hydrogen) atoms. The van der Waals surface area contributed by atoms with Gasteiger partial charge in [0.2, 0.25) is 0 Å². The van der Waals surface area contributed by atoms with Crippen molar-refractivity contribution >= 4 is 23.1 Å². The van der Waals surface area contributed by atoms with Gasteiger partial charge in [-0.15, -0.1) is 0 Å². The highest BCUT2D eigenvalue weighted by Gasteiger charge is 2.20. The summed E-state index contributed by atoms with van der Waals surface area (Å²) in [5, 5.41) is 2.85. The molecule has 0 saturated heterocycles. The number of nitrogen functional groups attached to an aromatic ring is 1. The number of carbonyl (C=O) groups is 1. The number of nitrogens with zero attached hydrogens (tertiary/aromatic N) is 2. The van der Waals surface area contributed by atoms with Crippen LogP contribution < -0.4 is 11.1 Å². The van der Waals surface area contributed by atoms with Crippen LogP contribution >= 0.6 is 11.5 Å². The molecule has 0 bridgehead atoms. The number of hydrogen-bond donors (Lipinski definition) is 2. The summed E-state index contributed by atoms with van der Waals surface area (Å²) in [6.07, 6.45) is 3.29. The third-order valence-corrected chi connectivity index (χ3v) is 4.47. The highest BCUT2D eigenvalue weighted by atomic mass is 32.1. The molecular formula is C17H15FN4OS. The van der Waals surface area contributed by atoms with Gasteiger partial charge in [-0.2, -0.15) is 4.37 Å². The molecule has 0 saturated carbocycles. The smallest absolute Gasteiger partial charge is 0.265 e. The second-order valence-electron chi connectivity index (χ2n) is 5.26. The minimum atomic E-state index is -0.314. The van der Waals surface area contributed by atoms with E-state index in [0.29, 0.717) is 16.3 Å². The summed E-state index contributed by atoms with van der Waals surface area (Å²) < 4.78 is 17.3. The van der Waals surface area contributed by atoms with Crippen LogP contribution in [0.3, 0.4) is 0 Å². The highest BCUT2D eigenvalue weighted by Crippen LogP contribution is 2.30. The number of halogens is 1. The first-order valence-corrected chi connectivity index (χ1v) is 8.05. The van der Waals surface area contributed by atoms with E-state index in [2.05, 4.69) is 14.7 Å². The molecule has 3 rings (SSSR count). The topological polar surface area (TPSA) is 80.9 Å². The fourth-order valence-electron chi connectivity index (χ4n) is 2.28. The summed E-state index contributed by atoms with van der Waals surface area (Å²) in [5.41, 5.74) is 8.62. The van der Waals surface area contributed by atoms with Gasteiger partial charge >= 0.3 is 0 Å². The third kappa shape index (κ3) is 3.26. The van der Waals surface area contributed by atoms with Crippen LogP contribution in [0.2, 0.25) is 0 Å². The van der Waals surface area contributed by atoms with Gasteiger partial charge in [0.25, 0.3) is 5.91 Å². The number of rotatable bonds is 4.